The smallest absolute Gasteiger partial charge is 0.123 e. The number of nitrogens with one attached hydrogen (secondary N) is 1. The second-order valence-electron chi connectivity index (χ2n) is 2.71. The average molecular weight is 169 g/mol. The van der Waals surface area contributed by atoms with Crippen molar-refractivity contribution in [1.82, 2.24) is 5.32 Å². The number of phenols is 1. The number of halogens is 1. The van der Waals surface area contributed by atoms with Gasteiger partial charge >= 0.3 is 0 Å². The van der Waals surface area contributed by atoms with Gasteiger partial charge in [-0.2, -0.15) is 0 Å². The fraction of sp³-hybridized carbons (Fsp3) is 0.333. The summed E-state index contributed by atoms with van der Waals surface area (Å²) in [5.74, 6) is -0.205. The zero-order valence-corrected chi connectivity index (χ0v) is 7.13. The summed E-state index contributed by atoms with van der Waals surface area (Å²) in [6.07, 6.45) is 0. The molecule has 1 unspecified atom stereocenters. The molecule has 0 saturated carbocycles. The van der Waals surface area contributed by atoms with E-state index in [2.05, 4.69) is 5.32 Å². The molecule has 1 rings (SSSR count). The first kappa shape index (κ1) is 9.00. The van der Waals surface area contributed by atoms with Gasteiger partial charge in [0.1, 0.15) is 11.6 Å². The highest BCUT2D eigenvalue weighted by Crippen LogP contribution is 2.23. The Morgan fingerprint density at radius 2 is 2.17 bits per heavy atom. The van der Waals surface area contributed by atoms with Crippen LogP contribution in [0.15, 0.2) is 18.2 Å². The van der Waals surface area contributed by atoms with Crippen LogP contribution in [0, 0.1) is 5.82 Å². The Hall–Kier alpha value is -1.09. The SMILES string of the molecule is CNC(C)c1cc(F)ccc1O. The molecule has 2 N–H and O–H groups in total. The topological polar surface area (TPSA) is 32.3 Å². The second kappa shape index (κ2) is 3.54. The third-order valence-corrected chi connectivity index (χ3v) is 1.89. The highest BCUT2D eigenvalue weighted by atomic mass is 19.1. The molecule has 0 radical (unpaired) electrons. The van der Waals surface area contributed by atoms with Crippen molar-refractivity contribution in [2.24, 2.45) is 0 Å². The molecule has 0 bridgehead atoms. The maximum absolute atomic E-state index is 12.7. The lowest BCUT2D eigenvalue weighted by atomic mass is 10.1. The predicted octanol–water partition coefficient (Wildman–Crippen LogP) is 1.81. The summed E-state index contributed by atoms with van der Waals surface area (Å²) in [7, 11) is 1.76. The van der Waals surface area contributed by atoms with E-state index in [9.17, 15) is 9.50 Å². The van der Waals surface area contributed by atoms with Crippen LogP contribution < -0.4 is 5.32 Å². The van der Waals surface area contributed by atoms with Crippen molar-refractivity contribution in [2.45, 2.75) is 13.0 Å². The summed E-state index contributed by atoms with van der Waals surface area (Å²) in [5, 5.41) is 12.3. The summed E-state index contributed by atoms with van der Waals surface area (Å²) in [4.78, 5) is 0. The minimum Gasteiger partial charge on any atom is -0.508 e. The zero-order chi connectivity index (χ0) is 9.14. The van der Waals surface area contributed by atoms with Crippen molar-refractivity contribution in [1.29, 1.82) is 0 Å². The fourth-order valence-corrected chi connectivity index (χ4v) is 1.03. The number of aromatic hydroxyl groups is 1. The number of rotatable bonds is 2. The summed E-state index contributed by atoms with van der Waals surface area (Å²) >= 11 is 0. The van der Waals surface area contributed by atoms with Gasteiger partial charge in [-0.15, -0.1) is 0 Å². The van der Waals surface area contributed by atoms with Gasteiger partial charge in [-0.25, -0.2) is 4.39 Å². The third kappa shape index (κ3) is 1.74. The first-order valence-corrected chi connectivity index (χ1v) is 3.81. The monoisotopic (exact) mass is 169 g/mol. The van der Waals surface area contributed by atoms with E-state index in [1.54, 1.807) is 7.05 Å². The van der Waals surface area contributed by atoms with Gasteiger partial charge in [0.2, 0.25) is 0 Å². The Morgan fingerprint density at radius 3 is 2.75 bits per heavy atom. The van der Waals surface area contributed by atoms with E-state index >= 15 is 0 Å². The molecule has 0 amide bonds. The number of benzene rings is 1. The highest BCUT2D eigenvalue weighted by molar-refractivity contribution is 5.34. The second-order valence-corrected chi connectivity index (χ2v) is 2.71. The Bertz CT molecular complexity index is 275. The molecule has 3 heteroatoms. The van der Waals surface area contributed by atoms with Crippen molar-refractivity contribution in [3.8, 4) is 5.75 Å². The molecule has 0 aliphatic carbocycles. The quantitative estimate of drug-likeness (QED) is 0.707. The Morgan fingerprint density at radius 1 is 1.50 bits per heavy atom. The van der Waals surface area contributed by atoms with Crippen molar-refractivity contribution in [2.75, 3.05) is 7.05 Å². The molecule has 1 aromatic carbocycles. The number of hydrogen-bond donors (Lipinski definition) is 2. The standard InChI is InChI=1S/C9H12FNO/c1-6(11-2)8-5-7(10)3-4-9(8)12/h3-6,11-12H,1-2H3. The van der Waals surface area contributed by atoms with E-state index in [-0.39, 0.29) is 17.6 Å². The van der Waals surface area contributed by atoms with Crippen LogP contribution in [-0.4, -0.2) is 12.2 Å². The third-order valence-electron chi connectivity index (χ3n) is 1.89. The van der Waals surface area contributed by atoms with Gasteiger partial charge in [0.15, 0.2) is 0 Å². The minimum absolute atomic E-state index is 0.0410. The average Bonchev–Trinajstić information content (AvgIpc) is 2.08. The first-order chi connectivity index (χ1) is 5.65. The normalized spacial score (nSPS) is 12.9. The minimum atomic E-state index is -0.329. The van der Waals surface area contributed by atoms with Crippen molar-refractivity contribution in [3.05, 3.63) is 29.6 Å². The number of phenolic OH excluding ortho intramolecular Hbond substituents is 1. The lowest BCUT2D eigenvalue weighted by Crippen LogP contribution is -2.12. The summed E-state index contributed by atoms with van der Waals surface area (Å²) in [6.45, 7) is 1.86. The van der Waals surface area contributed by atoms with E-state index in [0.717, 1.165) is 0 Å². The maximum atomic E-state index is 12.7. The van der Waals surface area contributed by atoms with Crippen molar-refractivity contribution >= 4 is 0 Å². The van der Waals surface area contributed by atoms with Crippen LogP contribution in [0.3, 0.4) is 0 Å². The van der Waals surface area contributed by atoms with Gasteiger partial charge < -0.3 is 10.4 Å². The summed E-state index contributed by atoms with van der Waals surface area (Å²) < 4.78 is 12.7. The van der Waals surface area contributed by atoms with E-state index < -0.39 is 0 Å². The molecule has 66 valence electrons. The van der Waals surface area contributed by atoms with Crippen LogP contribution in [0.1, 0.15) is 18.5 Å². The maximum Gasteiger partial charge on any atom is 0.123 e. The lowest BCUT2D eigenvalue weighted by Gasteiger charge is -2.11. The molecule has 2 nitrogen and oxygen atoms in total. The van der Waals surface area contributed by atoms with Crippen LogP contribution in [0.4, 0.5) is 4.39 Å². The Labute approximate surface area is 71.0 Å². The van der Waals surface area contributed by atoms with Crippen molar-refractivity contribution in [3.63, 3.8) is 0 Å². The number of hydrogen-bond acceptors (Lipinski definition) is 2. The van der Waals surface area contributed by atoms with Crippen LogP contribution in [0.2, 0.25) is 0 Å². The van der Waals surface area contributed by atoms with E-state index in [1.165, 1.54) is 18.2 Å². The van der Waals surface area contributed by atoms with Crippen LogP contribution >= 0.6 is 0 Å². The van der Waals surface area contributed by atoms with Gasteiger partial charge in [0, 0.05) is 11.6 Å². The zero-order valence-electron chi connectivity index (χ0n) is 7.13. The molecule has 0 spiro atoms. The molecular weight excluding hydrogens is 157 g/mol. The molecule has 0 aliphatic heterocycles. The molecule has 0 fully saturated rings. The van der Waals surface area contributed by atoms with E-state index in [4.69, 9.17) is 0 Å². The van der Waals surface area contributed by atoms with Gasteiger partial charge in [-0.1, -0.05) is 0 Å². The highest BCUT2D eigenvalue weighted by Gasteiger charge is 2.08. The predicted molar refractivity (Wildman–Crippen MR) is 45.5 cm³/mol. The van der Waals surface area contributed by atoms with Gasteiger partial charge in [-0.3, -0.25) is 0 Å². The molecule has 1 atom stereocenters. The summed E-state index contributed by atoms with van der Waals surface area (Å²) in [6, 6.07) is 3.89. The van der Waals surface area contributed by atoms with Crippen LogP contribution in [0.5, 0.6) is 5.75 Å². The van der Waals surface area contributed by atoms with E-state index in [1.807, 2.05) is 6.92 Å². The van der Waals surface area contributed by atoms with Crippen molar-refractivity contribution < 1.29 is 9.50 Å². The largest absolute Gasteiger partial charge is 0.508 e. The van der Waals surface area contributed by atoms with Crippen LogP contribution in [-0.2, 0) is 0 Å². The molecule has 0 aliphatic rings. The Balaban J connectivity index is 3.04. The molecule has 0 aromatic heterocycles. The lowest BCUT2D eigenvalue weighted by molar-refractivity contribution is 0.454. The molecular formula is C9H12FNO. The Kier molecular flexibility index (Phi) is 2.65. The van der Waals surface area contributed by atoms with Gasteiger partial charge in [-0.05, 0) is 32.2 Å². The van der Waals surface area contributed by atoms with Gasteiger partial charge in [0.25, 0.3) is 0 Å². The van der Waals surface area contributed by atoms with Crippen LogP contribution in [0.25, 0.3) is 0 Å². The molecule has 0 heterocycles. The molecule has 1 aromatic rings. The van der Waals surface area contributed by atoms with E-state index in [0.29, 0.717) is 5.56 Å². The fourth-order valence-electron chi connectivity index (χ4n) is 1.03. The van der Waals surface area contributed by atoms with Gasteiger partial charge in [0.05, 0.1) is 0 Å². The first-order valence-electron chi connectivity index (χ1n) is 3.81. The summed E-state index contributed by atoms with van der Waals surface area (Å²) in [5.41, 5.74) is 0.581. The molecule has 12 heavy (non-hydrogen) atoms. The molecule has 0 saturated heterocycles.